The summed E-state index contributed by atoms with van der Waals surface area (Å²) in [6.45, 7) is 4.38. The van der Waals surface area contributed by atoms with Gasteiger partial charge in [0.25, 0.3) is 5.91 Å². The van der Waals surface area contributed by atoms with Gasteiger partial charge in [-0.2, -0.15) is 0 Å². The number of nitrogens with zero attached hydrogens (tertiary/aromatic N) is 3. The number of rotatable bonds is 3. The van der Waals surface area contributed by atoms with Crippen molar-refractivity contribution in [1.82, 2.24) is 14.9 Å². The Morgan fingerprint density at radius 2 is 2.14 bits per heavy atom. The lowest BCUT2D eigenvalue weighted by Crippen LogP contribution is -3.13. The molecule has 2 aromatic rings. The molecule has 0 bridgehead atoms. The first kappa shape index (κ1) is 14.4. The van der Waals surface area contributed by atoms with Gasteiger partial charge in [-0.3, -0.25) is 9.78 Å². The SMILES string of the molecule is O=C(c1cnccn1)N1CC[NH+](Cc2ccc(Cl)s2)CC1. The summed E-state index contributed by atoms with van der Waals surface area (Å²) in [7, 11) is 0. The van der Waals surface area contributed by atoms with Crippen LogP contribution in [0.3, 0.4) is 0 Å². The largest absolute Gasteiger partial charge is 0.328 e. The number of piperazine rings is 1. The summed E-state index contributed by atoms with van der Waals surface area (Å²) in [5, 5.41) is 0. The van der Waals surface area contributed by atoms with Crippen molar-refractivity contribution in [2.45, 2.75) is 6.54 Å². The van der Waals surface area contributed by atoms with Gasteiger partial charge in [0.05, 0.1) is 41.6 Å². The van der Waals surface area contributed by atoms with Crippen LogP contribution in [0.2, 0.25) is 4.34 Å². The Hall–Kier alpha value is -1.50. The Balaban J connectivity index is 1.54. The molecule has 0 unspecified atom stereocenters. The first-order valence-corrected chi connectivity index (χ1v) is 8.05. The number of quaternary nitrogens is 1. The van der Waals surface area contributed by atoms with Crippen molar-refractivity contribution in [3.63, 3.8) is 0 Å². The number of hydrogen-bond acceptors (Lipinski definition) is 4. The second-order valence-corrected chi connectivity index (χ2v) is 6.82. The number of nitrogens with one attached hydrogen (secondary N) is 1. The van der Waals surface area contributed by atoms with Gasteiger partial charge in [-0.15, -0.1) is 11.3 Å². The summed E-state index contributed by atoms with van der Waals surface area (Å²) < 4.78 is 0.834. The highest BCUT2D eigenvalue weighted by Crippen LogP contribution is 2.20. The number of carbonyl (C=O) groups excluding carboxylic acids is 1. The Labute approximate surface area is 132 Å². The zero-order chi connectivity index (χ0) is 14.7. The maximum Gasteiger partial charge on any atom is 0.274 e. The third-order valence-electron chi connectivity index (χ3n) is 3.59. The van der Waals surface area contributed by atoms with E-state index in [1.165, 1.54) is 16.0 Å². The molecule has 1 saturated heterocycles. The maximum absolute atomic E-state index is 12.3. The van der Waals surface area contributed by atoms with Crippen molar-refractivity contribution in [1.29, 1.82) is 0 Å². The highest BCUT2D eigenvalue weighted by Gasteiger charge is 2.25. The fraction of sp³-hybridized carbons (Fsp3) is 0.357. The Morgan fingerprint density at radius 3 is 2.76 bits per heavy atom. The van der Waals surface area contributed by atoms with Crippen LogP contribution in [0.25, 0.3) is 0 Å². The molecule has 3 rings (SSSR count). The first-order valence-electron chi connectivity index (χ1n) is 6.85. The van der Waals surface area contributed by atoms with E-state index in [1.807, 2.05) is 11.0 Å². The van der Waals surface area contributed by atoms with Gasteiger partial charge in [0.2, 0.25) is 0 Å². The van der Waals surface area contributed by atoms with E-state index in [0.717, 1.165) is 37.1 Å². The summed E-state index contributed by atoms with van der Waals surface area (Å²) in [6, 6.07) is 4.02. The molecule has 0 radical (unpaired) electrons. The smallest absolute Gasteiger partial charge is 0.274 e. The number of amides is 1. The highest BCUT2D eigenvalue weighted by molar-refractivity contribution is 7.16. The van der Waals surface area contributed by atoms with Crippen molar-refractivity contribution in [2.24, 2.45) is 0 Å². The molecule has 1 amide bonds. The third-order valence-corrected chi connectivity index (χ3v) is 4.82. The van der Waals surface area contributed by atoms with Gasteiger partial charge in [-0.1, -0.05) is 11.6 Å². The third kappa shape index (κ3) is 3.58. The van der Waals surface area contributed by atoms with Crippen LogP contribution in [0.5, 0.6) is 0 Å². The standard InChI is InChI=1S/C14H15ClN4OS/c15-13-2-1-11(21-13)10-18-5-7-19(8-6-18)14(20)12-9-16-3-4-17-12/h1-4,9H,5-8,10H2/p+1. The van der Waals surface area contributed by atoms with Crippen LogP contribution >= 0.6 is 22.9 Å². The molecular weight excluding hydrogens is 308 g/mol. The summed E-state index contributed by atoms with van der Waals surface area (Å²) in [4.78, 5) is 24.9. The molecule has 7 heteroatoms. The van der Waals surface area contributed by atoms with E-state index in [-0.39, 0.29) is 5.91 Å². The van der Waals surface area contributed by atoms with Crippen LogP contribution in [-0.4, -0.2) is 47.0 Å². The van der Waals surface area contributed by atoms with Crippen molar-refractivity contribution >= 4 is 28.8 Å². The molecule has 0 atom stereocenters. The lowest BCUT2D eigenvalue weighted by molar-refractivity contribution is -0.917. The topological polar surface area (TPSA) is 50.5 Å². The fourth-order valence-electron chi connectivity index (χ4n) is 2.47. The summed E-state index contributed by atoms with van der Waals surface area (Å²) in [6.07, 6.45) is 4.65. The van der Waals surface area contributed by atoms with Crippen LogP contribution < -0.4 is 4.90 Å². The molecule has 0 aromatic carbocycles. The maximum atomic E-state index is 12.3. The molecule has 1 aliphatic heterocycles. The lowest BCUT2D eigenvalue weighted by Gasteiger charge is -2.31. The summed E-state index contributed by atoms with van der Waals surface area (Å²) in [5.74, 6) is -0.0266. The highest BCUT2D eigenvalue weighted by atomic mass is 35.5. The molecule has 2 aromatic heterocycles. The minimum absolute atomic E-state index is 0.0266. The number of thiophene rings is 1. The Bertz CT molecular complexity index is 610. The molecule has 110 valence electrons. The molecule has 3 heterocycles. The average molecular weight is 324 g/mol. The van der Waals surface area contributed by atoms with E-state index in [9.17, 15) is 4.79 Å². The number of halogens is 1. The van der Waals surface area contributed by atoms with Crippen LogP contribution in [-0.2, 0) is 6.54 Å². The first-order chi connectivity index (χ1) is 10.2. The summed E-state index contributed by atoms with van der Waals surface area (Å²) in [5.41, 5.74) is 0.422. The van der Waals surface area contributed by atoms with Crippen LogP contribution in [0.4, 0.5) is 0 Å². The normalized spacial score (nSPS) is 16.1. The average Bonchev–Trinajstić information content (AvgIpc) is 2.93. The van der Waals surface area contributed by atoms with E-state index < -0.39 is 0 Å². The second-order valence-electron chi connectivity index (χ2n) is 5.02. The van der Waals surface area contributed by atoms with Gasteiger partial charge < -0.3 is 9.80 Å². The van der Waals surface area contributed by atoms with E-state index in [1.54, 1.807) is 23.7 Å². The number of hydrogen-bond donors (Lipinski definition) is 1. The van der Waals surface area contributed by atoms with E-state index >= 15 is 0 Å². The zero-order valence-electron chi connectivity index (χ0n) is 11.5. The van der Waals surface area contributed by atoms with E-state index in [2.05, 4.69) is 16.0 Å². The van der Waals surface area contributed by atoms with Gasteiger partial charge in [-0.05, 0) is 12.1 Å². The van der Waals surface area contributed by atoms with Gasteiger partial charge in [0.1, 0.15) is 12.2 Å². The molecule has 21 heavy (non-hydrogen) atoms. The number of aromatic nitrogens is 2. The van der Waals surface area contributed by atoms with Crippen molar-refractivity contribution in [3.05, 3.63) is 45.6 Å². The second kappa shape index (κ2) is 6.51. The molecule has 0 saturated carbocycles. The molecule has 1 fully saturated rings. The lowest BCUT2D eigenvalue weighted by atomic mass is 10.2. The van der Waals surface area contributed by atoms with Crippen LogP contribution in [0, 0.1) is 0 Å². The zero-order valence-corrected chi connectivity index (χ0v) is 13.0. The predicted octanol–water partition coefficient (Wildman–Crippen LogP) is 0.732. The molecule has 0 aliphatic carbocycles. The van der Waals surface area contributed by atoms with E-state index in [0.29, 0.717) is 5.69 Å². The van der Waals surface area contributed by atoms with Crippen molar-refractivity contribution < 1.29 is 9.69 Å². The fourth-order valence-corrected chi connectivity index (χ4v) is 3.63. The Morgan fingerprint density at radius 1 is 1.33 bits per heavy atom. The molecular formula is C14H16ClN4OS+. The quantitative estimate of drug-likeness (QED) is 0.906. The van der Waals surface area contributed by atoms with Gasteiger partial charge in [0, 0.05) is 12.4 Å². The molecule has 5 nitrogen and oxygen atoms in total. The van der Waals surface area contributed by atoms with Crippen LogP contribution in [0.15, 0.2) is 30.7 Å². The van der Waals surface area contributed by atoms with Crippen molar-refractivity contribution in [2.75, 3.05) is 26.2 Å². The monoisotopic (exact) mass is 323 g/mol. The van der Waals surface area contributed by atoms with Crippen molar-refractivity contribution in [3.8, 4) is 0 Å². The summed E-state index contributed by atoms with van der Waals surface area (Å²) >= 11 is 7.59. The van der Waals surface area contributed by atoms with Crippen LogP contribution in [0.1, 0.15) is 15.4 Å². The molecule has 0 spiro atoms. The molecule has 1 N–H and O–H groups in total. The number of carbonyl (C=O) groups is 1. The van der Waals surface area contributed by atoms with Gasteiger partial charge in [-0.25, -0.2) is 4.98 Å². The van der Waals surface area contributed by atoms with Gasteiger partial charge in [0.15, 0.2) is 0 Å². The molecule has 1 aliphatic rings. The van der Waals surface area contributed by atoms with Gasteiger partial charge >= 0.3 is 0 Å². The predicted molar refractivity (Wildman–Crippen MR) is 81.7 cm³/mol. The van der Waals surface area contributed by atoms with E-state index in [4.69, 9.17) is 11.6 Å². The minimum Gasteiger partial charge on any atom is -0.328 e. The Kier molecular flexibility index (Phi) is 4.48. The minimum atomic E-state index is -0.0266.